The number of halogens is 1. The van der Waals surface area contributed by atoms with Crippen molar-refractivity contribution in [3.05, 3.63) is 41.3 Å². The molecule has 4 nitrogen and oxygen atoms in total. The molecule has 0 atom stereocenters. The molecule has 21 heavy (non-hydrogen) atoms. The van der Waals surface area contributed by atoms with E-state index in [9.17, 15) is 4.79 Å². The lowest BCUT2D eigenvalue weighted by Gasteiger charge is -2.19. The van der Waals surface area contributed by atoms with Crippen LogP contribution in [-0.4, -0.2) is 15.9 Å². The van der Waals surface area contributed by atoms with Crippen LogP contribution in [0.5, 0.6) is 0 Å². The second kappa shape index (κ2) is 5.82. The molecule has 0 radical (unpaired) electrons. The number of carbonyl (C=O) groups excluding carboxylic acids is 1. The summed E-state index contributed by atoms with van der Waals surface area (Å²) in [6, 6.07) is 5.77. The fourth-order valence-electron chi connectivity index (χ4n) is 1.76. The molecular formula is C16H18ClN3O. The number of carbonyl (C=O) groups is 1. The minimum Gasteiger partial charge on any atom is -0.325 e. The Kier molecular flexibility index (Phi) is 4.28. The van der Waals surface area contributed by atoms with E-state index in [1.165, 1.54) is 6.20 Å². The summed E-state index contributed by atoms with van der Waals surface area (Å²) in [5.74, 6) is -0.0532. The van der Waals surface area contributed by atoms with Crippen LogP contribution in [0.15, 0.2) is 30.6 Å². The Bertz CT molecular complexity index is 677. The summed E-state index contributed by atoms with van der Waals surface area (Å²) in [6.45, 7) is 7.59. The number of benzene rings is 1. The van der Waals surface area contributed by atoms with Crippen LogP contribution in [0.4, 0.5) is 5.69 Å². The van der Waals surface area contributed by atoms with Gasteiger partial charge in [0.05, 0.1) is 23.8 Å². The van der Waals surface area contributed by atoms with Gasteiger partial charge in [-0.2, -0.15) is 0 Å². The normalized spacial score (nSPS) is 11.3. The van der Waals surface area contributed by atoms with E-state index < -0.39 is 5.41 Å². The molecule has 0 aliphatic heterocycles. The number of nitrogens with zero attached hydrogens (tertiary/aromatic N) is 2. The standard InChI is InChI=1S/C16H18ClN3O/c1-10-5-6-12(20-15(21)16(2,3)4)11(7-10)13-8-18-9-14(17)19-13/h5-9H,1-4H3,(H,20,21). The second-order valence-electron chi connectivity index (χ2n) is 5.98. The molecule has 1 heterocycles. The zero-order valence-electron chi connectivity index (χ0n) is 12.6. The molecule has 1 aromatic carbocycles. The largest absolute Gasteiger partial charge is 0.325 e. The molecule has 110 valence electrons. The van der Waals surface area contributed by atoms with E-state index in [0.717, 1.165) is 11.1 Å². The van der Waals surface area contributed by atoms with Crippen molar-refractivity contribution in [1.82, 2.24) is 9.97 Å². The highest BCUT2D eigenvalue weighted by atomic mass is 35.5. The Morgan fingerprint density at radius 3 is 2.57 bits per heavy atom. The quantitative estimate of drug-likeness (QED) is 0.909. The van der Waals surface area contributed by atoms with E-state index in [1.807, 2.05) is 45.9 Å². The zero-order chi connectivity index (χ0) is 15.6. The van der Waals surface area contributed by atoms with Crippen molar-refractivity contribution in [3.63, 3.8) is 0 Å². The number of aromatic nitrogens is 2. The summed E-state index contributed by atoms with van der Waals surface area (Å²) >= 11 is 5.90. The molecule has 0 saturated carbocycles. The maximum Gasteiger partial charge on any atom is 0.229 e. The Hall–Kier alpha value is -1.94. The lowest BCUT2D eigenvalue weighted by molar-refractivity contribution is -0.123. The van der Waals surface area contributed by atoms with Crippen LogP contribution in [0.3, 0.4) is 0 Å². The zero-order valence-corrected chi connectivity index (χ0v) is 13.3. The number of hydrogen-bond donors (Lipinski definition) is 1. The molecule has 1 amide bonds. The predicted octanol–water partition coefficient (Wildman–Crippen LogP) is 4.09. The van der Waals surface area contributed by atoms with Crippen molar-refractivity contribution >= 4 is 23.2 Å². The summed E-state index contributed by atoms with van der Waals surface area (Å²) in [5.41, 5.74) is 2.75. The Balaban J connectivity index is 2.46. The van der Waals surface area contributed by atoms with Gasteiger partial charge in [0.2, 0.25) is 5.91 Å². The summed E-state index contributed by atoms with van der Waals surface area (Å²) in [5, 5.41) is 3.27. The van der Waals surface area contributed by atoms with Gasteiger partial charge in [0.15, 0.2) is 0 Å². The molecule has 0 fully saturated rings. The number of hydrogen-bond acceptors (Lipinski definition) is 3. The van der Waals surface area contributed by atoms with E-state index in [0.29, 0.717) is 16.5 Å². The van der Waals surface area contributed by atoms with Crippen LogP contribution >= 0.6 is 11.6 Å². The van der Waals surface area contributed by atoms with Crippen LogP contribution in [0.1, 0.15) is 26.3 Å². The minimum absolute atomic E-state index is 0.0532. The topological polar surface area (TPSA) is 54.9 Å². The molecular weight excluding hydrogens is 286 g/mol. The first-order chi connectivity index (χ1) is 9.77. The second-order valence-corrected chi connectivity index (χ2v) is 6.37. The number of nitrogens with one attached hydrogen (secondary N) is 1. The SMILES string of the molecule is Cc1ccc(NC(=O)C(C)(C)C)c(-c2cncc(Cl)n2)c1. The average Bonchev–Trinajstić information content (AvgIpc) is 2.39. The molecule has 0 unspecified atom stereocenters. The lowest BCUT2D eigenvalue weighted by Crippen LogP contribution is -2.27. The van der Waals surface area contributed by atoms with Crippen LogP contribution < -0.4 is 5.32 Å². The molecule has 1 N–H and O–H groups in total. The van der Waals surface area contributed by atoms with E-state index in [2.05, 4.69) is 15.3 Å². The highest BCUT2D eigenvalue weighted by molar-refractivity contribution is 6.29. The van der Waals surface area contributed by atoms with Gasteiger partial charge in [0.1, 0.15) is 5.15 Å². The maximum atomic E-state index is 12.2. The monoisotopic (exact) mass is 303 g/mol. The van der Waals surface area contributed by atoms with E-state index in [4.69, 9.17) is 11.6 Å². The van der Waals surface area contributed by atoms with Crippen molar-refractivity contribution in [2.75, 3.05) is 5.32 Å². The fourth-order valence-corrected chi connectivity index (χ4v) is 1.91. The number of rotatable bonds is 2. The average molecular weight is 304 g/mol. The molecule has 5 heteroatoms. The van der Waals surface area contributed by atoms with Crippen molar-refractivity contribution in [1.29, 1.82) is 0 Å². The summed E-state index contributed by atoms with van der Waals surface area (Å²) in [6.07, 6.45) is 3.11. The van der Waals surface area contributed by atoms with Crippen molar-refractivity contribution in [2.45, 2.75) is 27.7 Å². The van der Waals surface area contributed by atoms with Gasteiger partial charge < -0.3 is 5.32 Å². The van der Waals surface area contributed by atoms with Gasteiger partial charge in [-0.1, -0.05) is 44.0 Å². The predicted molar refractivity (Wildman–Crippen MR) is 85.3 cm³/mol. The summed E-state index contributed by atoms with van der Waals surface area (Å²) < 4.78 is 0. The molecule has 2 aromatic rings. The van der Waals surface area contributed by atoms with Crippen molar-refractivity contribution < 1.29 is 4.79 Å². The van der Waals surface area contributed by atoms with Crippen LogP contribution in [-0.2, 0) is 4.79 Å². The van der Waals surface area contributed by atoms with E-state index >= 15 is 0 Å². The van der Waals surface area contributed by atoms with Crippen LogP contribution in [0.25, 0.3) is 11.3 Å². The number of anilines is 1. The van der Waals surface area contributed by atoms with Crippen molar-refractivity contribution in [2.24, 2.45) is 5.41 Å². The molecule has 0 saturated heterocycles. The van der Waals surface area contributed by atoms with Gasteiger partial charge in [0, 0.05) is 11.0 Å². The molecule has 1 aromatic heterocycles. The molecule has 0 aliphatic carbocycles. The van der Waals surface area contributed by atoms with E-state index in [-0.39, 0.29) is 5.91 Å². The first-order valence-electron chi connectivity index (χ1n) is 6.67. The molecule has 0 bridgehead atoms. The third kappa shape index (κ3) is 3.79. The Labute approximate surface area is 129 Å². The number of aryl methyl sites for hydroxylation is 1. The highest BCUT2D eigenvalue weighted by Crippen LogP contribution is 2.29. The first-order valence-corrected chi connectivity index (χ1v) is 7.05. The van der Waals surface area contributed by atoms with Gasteiger partial charge in [-0.05, 0) is 19.1 Å². The van der Waals surface area contributed by atoms with Gasteiger partial charge in [-0.15, -0.1) is 0 Å². The fraction of sp³-hybridized carbons (Fsp3) is 0.312. The number of amides is 1. The van der Waals surface area contributed by atoms with Gasteiger partial charge >= 0.3 is 0 Å². The van der Waals surface area contributed by atoms with Crippen LogP contribution in [0.2, 0.25) is 5.15 Å². The lowest BCUT2D eigenvalue weighted by atomic mass is 9.95. The summed E-state index contributed by atoms with van der Waals surface area (Å²) in [4.78, 5) is 20.5. The maximum absolute atomic E-state index is 12.2. The Morgan fingerprint density at radius 2 is 1.95 bits per heavy atom. The smallest absolute Gasteiger partial charge is 0.229 e. The minimum atomic E-state index is -0.470. The highest BCUT2D eigenvalue weighted by Gasteiger charge is 2.22. The third-order valence-corrected chi connectivity index (χ3v) is 3.17. The first kappa shape index (κ1) is 15.4. The van der Waals surface area contributed by atoms with Gasteiger partial charge in [-0.25, -0.2) is 4.98 Å². The molecule has 2 rings (SSSR count). The molecule has 0 aliphatic rings. The Morgan fingerprint density at radius 1 is 1.24 bits per heavy atom. The van der Waals surface area contributed by atoms with E-state index in [1.54, 1.807) is 6.20 Å². The third-order valence-electron chi connectivity index (χ3n) is 2.99. The van der Waals surface area contributed by atoms with Crippen LogP contribution in [0, 0.1) is 12.3 Å². The molecule has 0 spiro atoms. The van der Waals surface area contributed by atoms with Gasteiger partial charge in [0.25, 0.3) is 0 Å². The van der Waals surface area contributed by atoms with Gasteiger partial charge in [-0.3, -0.25) is 9.78 Å². The van der Waals surface area contributed by atoms with Crippen molar-refractivity contribution in [3.8, 4) is 11.3 Å². The summed E-state index contributed by atoms with van der Waals surface area (Å²) in [7, 11) is 0.